The van der Waals surface area contributed by atoms with E-state index < -0.39 is 0 Å². The topological polar surface area (TPSA) is 21.3 Å². The lowest BCUT2D eigenvalue weighted by molar-refractivity contribution is 0.111. The molecule has 1 N–H and O–H groups in total. The molecule has 1 fully saturated rings. The lowest BCUT2D eigenvalue weighted by atomic mass is 9.84. The van der Waals surface area contributed by atoms with Crippen LogP contribution in [0.15, 0.2) is 0 Å². The summed E-state index contributed by atoms with van der Waals surface area (Å²) in [6.07, 6.45) is 7.25. The summed E-state index contributed by atoms with van der Waals surface area (Å²) in [6.45, 7) is 5.42. The second-order valence-corrected chi connectivity index (χ2v) is 4.58. The first-order valence-electron chi connectivity index (χ1n) is 6.02. The van der Waals surface area contributed by atoms with E-state index in [1.807, 2.05) is 0 Å². The number of hydrogen-bond donors (Lipinski definition) is 1. The zero-order valence-electron chi connectivity index (χ0n) is 9.88. The van der Waals surface area contributed by atoms with Crippen LogP contribution in [0.25, 0.3) is 0 Å². The van der Waals surface area contributed by atoms with Gasteiger partial charge in [-0.1, -0.05) is 13.3 Å². The summed E-state index contributed by atoms with van der Waals surface area (Å²) >= 11 is 0. The van der Waals surface area contributed by atoms with E-state index in [0.717, 1.165) is 18.5 Å². The first-order chi connectivity index (χ1) is 6.76. The third-order valence-corrected chi connectivity index (χ3v) is 3.52. The number of hydrogen-bond acceptors (Lipinski definition) is 2. The summed E-state index contributed by atoms with van der Waals surface area (Å²) in [5, 5.41) is 3.59. The van der Waals surface area contributed by atoms with Gasteiger partial charge in [-0.05, 0) is 38.5 Å². The quantitative estimate of drug-likeness (QED) is 0.735. The molecule has 1 aliphatic rings. The normalized spacial score (nSPS) is 30.2. The van der Waals surface area contributed by atoms with Crippen molar-refractivity contribution in [2.75, 3.05) is 13.7 Å². The Bertz CT molecular complexity index is 141. The molecule has 0 spiro atoms. The minimum atomic E-state index is 0.346. The molecule has 1 rings (SSSR count). The van der Waals surface area contributed by atoms with E-state index in [0.29, 0.717) is 6.10 Å². The SMILES string of the molecule is CCC1CCC(NCC(C)OC)CC1. The Morgan fingerprint density at radius 3 is 2.43 bits per heavy atom. The van der Waals surface area contributed by atoms with Gasteiger partial charge in [-0.2, -0.15) is 0 Å². The van der Waals surface area contributed by atoms with Gasteiger partial charge in [0.1, 0.15) is 0 Å². The molecular weight excluding hydrogens is 174 g/mol. The number of nitrogens with one attached hydrogen (secondary N) is 1. The molecule has 2 nitrogen and oxygen atoms in total. The number of rotatable bonds is 5. The molecule has 0 amide bonds. The first-order valence-corrected chi connectivity index (χ1v) is 6.02. The molecular formula is C12H25NO. The fourth-order valence-electron chi connectivity index (χ4n) is 2.19. The Labute approximate surface area is 88.4 Å². The van der Waals surface area contributed by atoms with Crippen molar-refractivity contribution >= 4 is 0 Å². The van der Waals surface area contributed by atoms with Crippen LogP contribution in [0.1, 0.15) is 46.0 Å². The van der Waals surface area contributed by atoms with Crippen molar-refractivity contribution in [2.24, 2.45) is 5.92 Å². The summed E-state index contributed by atoms with van der Waals surface area (Å²) < 4.78 is 5.22. The van der Waals surface area contributed by atoms with Gasteiger partial charge < -0.3 is 10.1 Å². The maximum atomic E-state index is 5.22. The van der Waals surface area contributed by atoms with Crippen LogP contribution >= 0.6 is 0 Å². The van der Waals surface area contributed by atoms with Gasteiger partial charge in [0.05, 0.1) is 6.10 Å². The zero-order chi connectivity index (χ0) is 10.4. The van der Waals surface area contributed by atoms with Crippen molar-refractivity contribution in [1.29, 1.82) is 0 Å². The molecule has 0 radical (unpaired) electrons. The fourth-order valence-corrected chi connectivity index (χ4v) is 2.19. The summed E-state index contributed by atoms with van der Waals surface area (Å²) in [5.41, 5.74) is 0. The van der Waals surface area contributed by atoms with Crippen LogP contribution in [0.5, 0.6) is 0 Å². The van der Waals surface area contributed by atoms with Crippen molar-refractivity contribution in [3.05, 3.63) is 0 Å². The highest BCUT2D eigenvalue weighted by Gasteiger charge is 2.19. The predicted octanol–water partition coefficient (Wildman–Crippen LogP) is 2.58. The third-order valence-electron chi connectivity index (χ3n) is 3.52. The molecule has 84 valence electrons. The van der Waals surface area contributed by atoms with Crippen molar-refractivity contribution in [3.63, 3.8) is 0 Å². The Morgan fingerprint density at radius 2 is 1.93 bits per heavy atom. The third kappa shape index (κ3) is 3.97. The Kier molecular flexibility index (Phi) is 5.49. The minimum Gasteiger partial charge on any atom is -0.380 e. The Morgan fingerprint density at radius 1 is 1.29 bits per heavy atom. The van der Waals surface area contributed by atoms with Crippen LogP contribution in [-0.2, 0) is 4.74 Å². The van der Waals surface area contributed by atoms with Gasteiger partial charge in [0.15, 0.2) is 0 Å². The smallest absolute Gasteiger partial charge is 0.0667 e. The molecule has 0 aromatic rings. The van der Waals surface area contributed by atoms with Gasteiger partial charge in [-0.15, -0.1) is 0 Å². The highest BCUT2D eigenvalue weighted by molar-refractivity contribution is 4.77. The van der Waals surface area contributed by atoms with E-state index in [9.17, 15) is 0 Å². The molecule has 0 bridgehead atoms. The van der Waals surface area contributed by atoms with Crippen molar-refractivity contribution in [3.8, 4) is 0 Å². The molecule has 2 heteroatoms. The lowest BCUT2D eigenvalue weighted by Crippen LogP contribution is -2.37. The summed E-state index contributed by atoms with van der Waals surface area (Å²) in [7, 11) is 1.78. The van der Waals surface area contributed by atoms with Gasteiger partial charge in [0.25, 0.3) is 0 Å². The monoisotopic (exact) mass is 199 g/mol. The second kappa shape index (κ2) is 6.41. The van der Waals surface area contributed by atoms with Gasteiger partial charge in [-0.3, -0.25) is 0 Å². The van der Waals surface area contributed by atoms with Crippen molar-refractivity contribution in [1.82, 2.24) is 5.32 Å². The van der Waals surface area contributed by atoms with Crippen LogP contribution < -0.4 is 5.32 Å². The van der Waals surface area contributed by atoms with E-state index in [1.54, 1.807) is 7.11 Å². The molecule has 1 aliphatic carbocycles. The molecule has 0 aromatic heterocycles. The predicted molar refractivity (Wildman–Crippen MR) is 60.5 cm³/mol. The standard InChI is InChI=1S/C12H25NO/c1-4-11-5-7-12(8-6-11)13-9-10(2)14-3/h10-13H,4-9H2,1-3H3. The molecule has 14 heavy (non-hydrogen) atoms. The average molecular weight is 199 g/mol. The van der Waals surface area contributed by atoms with E-state index in [1.165, 1.54) is 32.1 Å². The van der Waals surface area contributed by atoms with E-state index in [2.05, 4.69) is 19.2 Å². The molecule has 0 saturated heterocycles. The van der Waals surface area contributed by atoms with Crippen LogP contribution in [0.4, 0.5) is 0 Å². The van der Waals surface area contributed by atoms with Crippen LogP contribution in [0, 0.1) is 5.92 Å². The molecule has 0 heterocycles. The second-order valence-electron chi connectivity index (χ2n) is 4.58. The van der Waals surface area contributed by atoms with E-state index in [4.69, 9.17) is 4.74 Å². The van der Waals surface area contributed by atoms with E-state index in [-0.39, 0.29) is 0 Å². The largest absolute Gasteiger partial charge is 0.380 e. The van der Waals surface area contributed by atoms with Crippen molar-refractivity contribution in [2.45, 2.75) is 58.1 Å². The average Bonchev–Trinajstić information content (AvgIpc) is 2.26. The minimum absolute atomic E-state index is 0.346. The van der Waals surface area contributed by atoms with Crippen molar-refractivity contribution < 1.29 is 4.74 Å². The Hall–Kier alpha value is -0.0800. The van der Waals surface area contributed by atoms with Crippen LogP contribution in [0.2, 0.25) is 0 Å². The van der Waals surface area contributed by atoms with Crippen LogP contribution in [-0.4, -0.2) is 25.8 Å². The molecule has 0 aromatic carbocycles. The Balaban J connectivity index is 2.10. The van der Waals surface area contributed by atoms with Gasteiger partial charge >= 0.3 is 0 Å². The van der Waals surface area contributed by atoms with Gasteiger partial charge in [-0.25, -0.2) is 0 Å². The molecule has 1 saturated carbocycles. The lowest BCUT2D eigenvalue weighted by Gasteiger charge is -2.29. The molecule has 0 aliphatic heterocycles. The first kappa shape index (κ1) is 12.0. The summed E-state index contributed by atoms with van der Waals surface area (Å²) in [6, 6.07) is 0.746. The summed E-state index contributed by atoms with van der Waals surface area (Å²) in [4.78, 5) is 0. The number of ether oxygens (including phenoxy) is 1. The van der Waals surface area contributed by atoms with Gasteiger partial charge in [0.2, 0.25) is 0 Å². The van der Waals surface area contributed by atoms with E-state index >= 15 is 0 Å². The van der Waals surface area contributed by atoms with Crippen LogP contribution in [0.3, 0.4) is 0 Å². The maximum Gasteiger partial charge on any atom is 0.0667 e. The maximum absolute atomic E-state index is 5.22. The summed E-state index contributed by atoms with van der Waals surface area (Å²) in [5.74, 6) is 0.993. The molecule has 1 atom stereocenters. The molecule has 1 unspecified atom stereocenters. The van der Waals surface area contributed by atoms with Gasteiger partial charge in [0, 0.05) is 19.7 Å². The number of methoxy groups -OCH3 is 1. The highest BCUT2D eigenvalue weighted by Crippen LogP contribution is 2.26. The highest BCUT2D eigenvalue weighted by atomic mass is 16.5. The fraction of sp³-hybridized carbons (Fsp3) is 1.00. The zero-order valence-corrected chi connectivity index (χ0v) is 9.88.